The number of carbonyl (C=O) groups is 2. The van der Waals surface area contributed by atoms with Crippen LogP contribution < -0.4 is 0 Å². The predicted octanol–water partition coefficient (Wildman–Crippen LogP) is 6.71. The summed E-state index contributed by atoms with van der Waals surface area (Å²) in [5, 5.41) is 0. The molecule has 0 bridgehead atoms. The third-order valence-electron chi connectivity index (χ3n) is 9.07. The normalized spacial score (nSPS) is 16.9. The molecule has 0 atom stereocenters. The molecule has 0 saturated carbocycles. The van der Waals surface area contributed by atoms with Crippen LogP contribution in [0.5, 0.6) is 0 Å². The second-order valence-electron chi connectivity index (χ2n) is 11.7. The Hall–Kier alpha value is -3.42. The van der Waals surface area contributed by atoms with Crippen molar-refractivity contribution in [1.82, 2.24) is 19.6 Å². The lowest BCUT2D eigenvalue weighted by Crippen LogP contribution is -2.59. The Kier molecular flexibility index (Phi) is 12.8. The average Bonchev–Trinajstić information content (AvgIpc) is 3.06. The standard InChI is InChI=1S/C21H30N2O.C17H22N2O/c1-5-22(6-2)21(23(7-3)8-4)16-14-19(15-17-21)20(24)18-12-10-9-11-13-18;1-18(2)17(19(3)4)12-10-15(11-13-17)16(20)14-8-6-5-7-9-14/h9-16H,5-8,17H2,1-4H3;5-12H,13H2,1-4H3. The number of ketones is 2. The molecule has 2 aromatic carbocycles. The van der Waals surface area contributed by atoms with Crippen molar-refractivity contribution in [1.29, 1.82) is 0 Å². The topological polar surface area (TPSA) is 47.1 Å². The lowest BCUT2D eigenvalue weighted by atomic mass is 9.89. The third kappa shape index (κ3) is 7.62. The minimum absolute atomic E-state index is 0.0907. The first kappa shape index (κ1) is 35.1. The van der Waals surface area contributed by atoms with E-state index in [1.165, 1.54) is 0 Å². The Balaban J connectivity index is 0.000000244. The molecule has 4 rings (SSSR count). The molecule has 2 aliphatic carbocycles. The van der Waals surface area contributed by atoms with E-state index < -0.39 is 0 Å². The number of nitrogens with zero attached hydrogens (tertiary/aromatic N) is 4. The van der Waals surface area contributed by atoms with E-state index in [1.807, 2.05) is 78.9 Å². The molecular weight excluding hydrogens is 544 g/mol. The van der Waals surface area contributed by atoms with E-state index in [-0.39, 0.29) is 22.9 Å². The number of Topliss-reactive ketones (excluding diaryl/α,β-unsaturated/α-hetero) is 2. The molecule has 0 fully saturated rings. The summed E-state index contributed by atoms with van der Waals surface area (Å²) in [6.45, 7) is 12.8. The van der Waals surface area contributed by atoms with E-state index in [1.54, 1.807) is 0 Å². The van der Waals surface area contributed by atoms with Crippen LogP contribution in [0.1, 0.15) is 61.3 Å². The summed E-state index contributed by atoms with van der Waals surface area (Å²) in [4.78, 5) is 34.4. The molecule has 0 heterocycles. The molecule has 0 spiro atoms. The van der Waals surface area contributed by atoms with E-state index in [4.69, 9.17) is 0 Å². The van der Waals surface area contributed by atoms with Crippen LogP contribution in [-0.4, -0.2) is 96.9 Å². The maximum Gasteiger partial charge on any atom is 0.192 e. The zero-order valence-corrected chi connectivity index (χ0v) is 28.1. The molecule has 6 nitrogen and oxygen atoms in total. The van der Waals surface area contributed by atoms with Crippen molar-refractivity contribution in [3.8, 4) is 0 Å². The maximum atomic E-state index is 12.7. The summed E-state index contributed by atoms with van der Waals surface area (Å²) >= 11 is 0. The van der Waals surface area contributed by atoms with Gasteiger partial charge in [-0.3, -0.25) is 29.2 Å². The van der Waals surface area contributed by atoms with Crippen molar-refractivity contribution in [2.24, 2.45) is 0 Å². The fourth-order valence-electron chi connectivity index (χ4n) is 6.36. The Labute approximate surface area is 266 Å². The van der Waals surface area contributed by atoms with Gasteiger partial charge in [-0.2, -0.15) is 0 Å². The van der Waals surface area contributed by atoms with E-state index in [0.717, 1.165) is 61.3 Å². The third-order valence-corrected chi connectivity index (χ3v) is 9.07. The Bertz CT molecular complexity index is 1330. The Morgan fingerprint density at radius 2 is 0.909 bits per heavy atom. The number of benzene rings is 2. The van der Waals surface area contributed by atoms with Crippen LogP contribution in [0.4, 0.5) is 0 Å². The molecule has 6 heteroatoms. The largest absolute Gasteiger partial charge is 0.289 e. The summed E-state index contributed by atoms with van der Waals surface area (Å²) in [6.07, 6.45) is 14.1. The molecule has 44 heavy (non-hydrogen) atoms. The molecule has 0 amide bonds. The molecule has 0 unspecified atom stereocenters. The summed E-state index contributed by atoms with van der Waals surface area (Å²) in [5.41, 5.74) is 2.80. The van der Waals surface area contributed by atoms with Crippen molar-refractivity contribution >= 4 is 11.6 Å². The Morgan fingerprint density at radius 3 is 1.18 bits per heavy atom. The SMILES string of the molecule is CCN(CC)C1(N(CC)CC)C=CC(C(=O)c2ccccc2)=CC1.CN(C)C1(N(C)C)C=CC(C(=O)c2ccccc2)=CC1. The second-order valence-corrected chi connectivity index (χ2v) is 11.7. The van der Waals surface area contributed by atoms with Crippen molar-refractivity contribution in [3.05, 3.63) is 119 Å². The summed E-state index contributed by atoms with van der Waals surface area (Å²) < 4.78 is 0. The number of rotatable bonds is 12. The first-order chi connectivity index (χ1) is 21.1. The fraction of sp³-hybridized carbons (Fsp3) is 0.421. The van der Waals surface area contributed by atoms with Gasteiger partial charge in [-0.1, -0.05) is 113 Å². The van der Waals surface area contributed by atoms with Gasteiger partial charge in [0, 0.05) is 35.1 Å². The molecule has 2 aliphatic rings. The van der Waals surface area contributed by atoms with Gasteiger partial charge in [-0.25, -0.2) is 0 Å². The highest BCUT2D eigenvalue weighted by atomic mass is 16.1. The molecular formula is C38H52N4O2. The monoisotopic (exact) mass is 596 g/mol. The van der Waals surface area contributed by atoms with Gasteiger partial charge in [0.1, 0.15) is 0 Å². The van der Waals surface area contributed by atoms with Gasteiger partial charge in [0.2, 0.25) is 0 Å². The number of allylic oxidation sites excluding steroid dienone is 4. The van der Waals surface area contributed by atoms with Crippen LogP contribution in [0, 0.1) is 0 Å². The zero-order chi connectivity index (χ0) is 32.3. The van der Waals surface area contributed by atoms with Gasteiger partial charge < -0.3 is 0 Å². The number of hydrogen-bond acceptors (Lipinski definition) is 6. The zero-order valence-electron chi connectivity index (χ0n) is 28.1. The predicted molar refractivity (Wildman–Crippen MR) is 184 cm³/mol. The van der Waals surface area contributed by atoms with Gasteiger partial charge in [-0.15, -0.1) is 0 Å². The maximum absolute atomic E-state index is 12.7. The number of likely N-dealkylation sites (N-methyl/N-ethyl adjacent to an activating group) is 4. The van der Waals surface area contributed by atoms with Gasteiger partial charge in [0.15, 0.2) is 11.6 Å². The van der Waals surface area contributed by atoms with Crippen LogP contribution in [0.15, 0.2) is 108 Å². The number of carbonyl (C=O) groups excluding carboxylic acids is 2. The average molecular weight is 597 g/mol. The van der Waals surface area contributed by atoms with Gasteiger partial charge in [0.05, 0.1) is 11.3 Å². The molecule has 0 aliphatic heterocycles. The highest BCUT2D eigenvalue weighted by Gasteiger charge is 2.38. The molecule has 0 aromatic heterocycles. The van der Waals surface area contributed by atoms with Crippen molar-refractivity contribution in [2.45, 2.75) is 51.9 Å². The van der Waals surface area contributed by atoms with Crippen LogP contribution in [0.25, 0.3) is 0 Å². The first-order valence-electron chi connectivity index (χ1n) is 15.9. The molecule has 236 valence electrons. The quantitative estimate of drug-likeness (QED) is 0.201. The summed E-state index contributed by atoms with van der Waals surface area (Å²) in [6, 6.07) is 19.0. The smallest absolute Gasteiger partial charge is 0.192 e. The van der Waals surface area contributed by atoms with Crippen LogP contribution >= 0.6 is 0 Å². The second kappa shape index (κ2) is 16.1. The number of hydrogen-bond donors (Lipinski definition) is 0. The van der Waals surface area contributed by atoms with E-state index in [2.05, 4.69) is 93.7 Å². The van der Waals surface area contributed by atoms with Crippen molar-refractivity contribution in [3.63, 3.8) is 0 Å². The fourth-order valence-corrected chi connectivity index (χ4v) is 6.36. The molecule has 0 saturated heterocycles. The van der Waals surface area contributed by atoms with Gasteiger partial charge >= 0.3 is 0 Å². The van der Waals surface area contributed by atoms with Crippen LogP contribution in [-0.2, 0) is 0 Å². The van der Waals surface area contributed by atoms with Gasteiger partial charge in [-0.05, 0) is 66.5 Å². The molecule has 0 N–H and O–H groups in total. The van der Waals surface area contributed by atoms with Gasteiger partial charge in [0.25, 0.3) is 0 Å². The van der Waals surface area contributed by atoms with E-state index in [0.29, 0.717) is 0 Å². The summed E-state index contributed by atoms with van der Waals surface area (Å²) in [5.74, 6) is 0.201. The molecule has 2 aromatic rings. The minimum Gasteiger partial charge on any atom is -0.289 e. The minimum atomic E-state index is -0.152. The Morgan fingerprint density at radius 1 is 0.568 bits per heavy atom. The van der Waals surface area contributed by atoms with Crippen molar-refractivity contribution in [2.75, 3.05) is 54.4 Å². The highest BCUT2D eigenvalue weighted by Crippen LogP contribution is 2.32. The van der Waals surface area contributed by atoms with E-state index >= 15 is 0 Å². The molecule has 0 radical (unpaired) electrons. The van der Waals surface area contributed by atoms with Crippen molar-refractivity contribution < 1.29 is 9.59 Å². The first-order valence-corrected chi connectivity index (χ1v) is 15.9. The van der Waals surface area contributed by atoms with Crippen LogP contribution in [0.3, 0.4) is 0 Å². The van der Waals surface area contributed by atoms with Crippen LogP contribution in [0.2, 0.25) is 0 Å². The summed E-state index contributed by atoms with van der Waals surface area (Å²) in [7, 11) is 8.23. The van der Waals surface area contributed by atoms with E-state index in [9.17, 15) is 9.59 Å². The highest BCUT2D eigenvalue weighted by molar-refractivity contribution is 6.11. The lowest BCUT2D eigenvalue weighted by molar-refractivity contribution is -0.00980. The lowest BCUT2D eigenvalue weighted by Gasteiger charge is -2.49.